The van der Waals surface area contributed by atoms with E-state index in [-0.39, 0.29) is 18.3 Å². The molecule has 6 heteroatoms. The van der Waals surface area contributed by atoms with Crippen LogP contribution in [0.3, 0.4) is 0 Å². The fraction of sp³-hybridized carbons (Fsp3) is 0.235. The molecular weight excluding hydrogens is 319 g/mol. The lowest BCUT2D eigenvalue weighted by molar-refractivity contribution is 0.240. The molecule has 122 valence electrons. The summed E-state index contributed by atoms with van der Waals surface area (Å²) in [5, 5.41) is 5.97. The second-order valence-electron chi connectivity index (χ2n) is 4.83. The van der Waals surface area contributed by atoms with E-state index in [1.807, 2.05) is 18.2 Å². The van der Waals surface area contributed by atoms with Gasteiger partial charge in [-0.2, -0.15) is 0 Å². The highest BCUT2D eigenvalue weighted by atomic mass is 35.5. The number of nitrogens with one attached hydrogen (secondary N) is 2. The summed E-state index contributed by atoms with van der Waals surface area (Å²) < 4.78 is 18.8. The molecule has 2 N–H and O–H groups in total. The Morgan fingerprint density at radius 2 is 1.91 bits per heavy atom. The Kier molecular flexibility index (Phi) is 6.23. The second-order valence-corrected chi connectivity index (χ2v) is 5.23. The quantitative estimate of drug-likeness (QED) is 0.841. The van der Waals surface area contributed by atoms with Crippen LogP contribution in [0.5, 0.6) is 5.75 Å². The van der Waals surface area contributed by atoms with E-state index < -0.39 is 5.82 Å². The van der Waals surface area contributed by atoms with Crippen LogP contribution in [-0.2, 0) is 13.1 Å². The van der Waals surface area contributed by atoms with E-state index in [1.165, 1.54) is 6.07 Å². The average molecular weight is 337 g/mol. The van der Waals surface area contributed by atoms with Gasteiger partial charge in [0.15, 0.2) is 11.6 Å². The molecule has 0 atom stereocenters. The van der Waals surface area contributed by atoms with Crippen LogP contribution in [0.1, 0.15) is 18.1 Å². The van der Waals surface area contributed by atoms with Crippen LogP contribution in [0.2, 0.25) is 5.02 Å². The molecule has 2 aromatic carbocycles. The van der Waals surface area contributed by atoms with E-state index in [4.69, 9.17) is 16.3 Å². The first-order valence-electron chi connectivity index (χ1n) is 7.26. The molecule has 23 heavy (non-hydrogen) atoms. The first-order chi connectivity index (χ1) is 11.1. The van der Waals surface area contributed by atoms with Crippen LogP contribution >= 0.6 is 11.6 Å². The predicted octanol–water partition coefficient (Wildman–Crippen LogP) is 3.88. The first-order valence-corrected chi connectivity index (χ1v) is 7.64. The van der Waals surface area contributed by atoms with Crippen LogP contribution in [0.4, 0.5) is 9.18 Å². The first kappa shape index (κ1) is 17.1. The minimum absolute atomic E-state index is 0.208. The van der Waals surface area contributed by atoms with Crippen molar-refractivity contribution in [3.8, 4) is 5.75 Å². The minimum atomic E-state index is -0.442. The summed E-state index contributed by atoms with van der Waals surface area (Å²) in [5.41, 5.74) is 1.48. The van der Waals surface area contributed by atoms with Crippen molar-refractivity contribution in [2.45, 2.75) is 20.0 Å². The van der Waals surface area contributed by atoms with E-state index in [9.17, 15) is 9.18 Å². The Morgan fingerprint density at radius 1 is 1.17 bits per heavy atom. The van der Waals surface area contributed by atoms with Crippen LogP contribution < -0.4 is 15.4 Å². The number of hydrogen-bond acceptors (Lipinski definition) is 2. The highest BCUT2D eigenvalue weighted by Gasteiger charge is 2.06. The van der Waals surface area contributed by atoms with Gasteiger partial charge in [-0.15, -0.1) is 0 Å². The molecule has 4 nitrogen and oxygen atoms in total. The van der Waals surface area contributed by atoms with Crippen LogP contribution in [0.15, 0.2) is 42.5 Å². The van der Waals surface area contributed by atoms with E-state index in [0.717, 1.165) is 5.56 Å². The average Bonchev–Trinajstić information content (AvgIpc) is 2.54. The molecule has 0 saturated heterocycles. The summed E-state index contributed by atoms with van der Waals surface area (Å²) in [5.74, 6) is -0.234. The summed E-state index contributed by atoms with van der Waals surface area (Å²) in [7, 11) is 0. The zero-order valence-electron chi connectivity index (χ0n) is 12.7. The number of rotatable bonds is 6. The lowest BCUT2D eigenvalue weighted by Crippen LogP contribution is -2.34. The van der Waals surface area contributed by atoms with Gasteiger partial charge in [-0.05, 0) is 36.2 Å². The van der Waals surface area contributed by atoms with Gasteiger partial charge in [-0.25, -0.2) is 9.18 Å². The molecule has 0 saturated carbocycles. The summed E-state index contributed by atoms with van der Waals surface area (Å²) in [4.78, 5) is 11.8. The van der Waals surface area contributed by atoms with Gasteiger partial charge in [0.1, 0.15) is 0 Å². The van der Waals surface area contributed by atoms with Gasteiger partial charge < -0.3 is 15.4 Å². The molecule has 0 aromatic heterocycles. The van der Waals surface area contributed by atoms with Crippen molar-refractivity contribution in [2.24, 2.45) is 0 Å². The van der Waals surface area contributed by atoms with Crippen LogP contribution in [0.25, 0.3) is 0 Å². The summed E-state index contributed by atoms with van der Waals surface area (Å²) in [6.45, 7) is 2.73. The van der Waals surface area contributed by atoms with Crippen LogP contribution in [0, 0.1) is 5.82 Å². The summed E-state index contributed by atoms with van der Waals surface area (Å²) >= 11 is 6.01. The van der Waals surface area contributed by atoms with Crippen molar-refractivity contribution in [2.75, 3.05) is 6.61 Å². The number of benzene rings is 2. The van der Waals surface area contributed by atoms with Gasteiger partial charge in [0.2, 0.25) is 0 Å². The molecule has 2 aromatic rings. The van der Waals surface area contributed by atoms with Crippen molar-refractivity contribution in [3.05, 3.63) is 64.4 Å². The highest BCUT2D eigenvalue weighted by molar-refractivity contribution is 6.31. The Morgan fingerprint density at radius 3 is 2.61 bits per heavy atom. The zero-order chi connectivity index (χ0) is 16.7. The molecule has 0 fully saturated rings. The van der Waals surface area contributed by atoms with Crippen LogP contribution in [-0.4, -0.2) is 12.6 Å². The summed E-state index contributed by atoms with van der Waals surface area (Å²) in [6.07, 6.45) is 0. The SMILES string of the molecule is CCOc1ccc(CNC(=O)NCc2ccccc2Cl)cc1F. The van der Waals surface area contributed by atoms with Gasteiger partial charge in [0.05, 0.1) is 6.61 Å². The van der Waals surface area contributed by atoms with Gasteiger partial charge in [-0.3, -0.25) is 0 Å². The van der Waals surface area contributed by atoms with Crippen molar-refractivity contribution in [1.82, 2.24) is 10.6 Å². The Bertz CT molecular complexity index is 679. The monoisotopic (exact) mass is 336 g/mol. The molecule has 0 bridgehead atoms. The lowest BCUT2D eigenvalue weighted by Gasteiger charge is -2.10. The molecule has 2 rings (SSSR count). The maximum Gasteiger partial charge on any atom is 0.315 e. The molecule has 0 aliphatic heterocycles. The maximum absolute atomic E-state index is 13.7. The molecular formula is C17H18ClFN2O2. The minimum Gasteiger partial charge on any atom is -0.491 e. The van der Waals surface area contributed by atoms with Gasteiger partial charge in [-0.1, -0.05) is 35.9 Å². The number of ether oxygens (including phenoxy) is 1. The largest absolute Gasteiger partial charge is 0.491 e. The Labute approximate surface area is 139 Å². The zero-order valence-corrected chi connectivity index (χ0v) is 13.5. The third-order valence-electron chi connectivity index (χ3n) is 3.15. The fourth-order valence-electron chi connectivity index (χ4n) is 1.99. The number of carbonyl (C=O) groups is 1. The Balaban J connectivity index is 1.82. The van der Waals surface area contributed by atoms with Crippen molar-refractivity contribution in [1.29, 1.82) is 0 Å². The molecule has 0 radical (unpaired) electrons. The van der Waals surface area contributed by atoms with Gasteiger partial charge in [0, 0.05) is 18.1 Å². The maximum atomic E-state index is 13.7. The number of hydrogen-bond donors (Lipinski definition) is 2. The van der Waals surface area contributed by atoms with Crippen molar-refractivity contribution >= 4 is 17.6 Å². The molecule has 0 unspecified atom stereocenters. The number of carbonyl (C=O) groups excluding carboxylic acids is 1. The molecule has 0 spiro atoms. The lowest BCUT2D eigenvalue weighted by atomic mass is 10.2. The number of halogens is 2. The molecule has 2 amide bonds. The van der Waals surface area contributed by atoms with E-state index >= 15 is 0 Å². The molecule has 0 aliphatic carbocycles. The molecule has 0 aliphatic rings. The summed E-state index contributed by atoms with van der Waals surface area (Å²) in [6, 6.07) is 11.5. The predicted molar refractivity (Wildman–Crippen MR) is 88.1 cm³/mol. The number of amides is 2. The van der Waals surface area contributed by atoms with Crippen molar-refractivity contribution in [3.63, 3.8) is 0 Å². The fourth-order valence-corrected chi connectivity index (χ4v) is 2.19. The van der Waals surface area contributed by atoms with E-state index in [0.29, 0.717) is 23.7 Å². The Hall–Kier alpha value is -2.27. The third kappa shape index (κ3) is 5.14. The smallest absolute Gasteiger partial charge is 0.315 e. The van der Waals surface area contributed by atoms with E-state index in [2.05, 4.69) is 10.6 Å². The van der Waals surface area contributed by atoms with Crippen molar-refractivity contribution < 1.29 is 13.9 Å². The van der Waals surface area contributed by atoms with Gasteiger partial charge in [0.25, 0.3) is 0 Å². The standard InChI is InChI=1S/C17H18ClFN2O2/c1-2-23-16-8-7-12(9-15(16)19)10-20-17(22)21-11-13-5-3-4-6-14(13)18/h3-9H,2,10-11H2,1H3,(H2,20,21,22). The third-order valence-corrected chi connectivity index (χ3v) is 3.52. The highest BCUT2D eigenvalue weighted by Crippen LogP contribution is 2.18. The second kappa shape index (κ2) is 8.39. The van der Waals surface area contributed by atoms with Gasteiger partial charge >= 0.3 is 6.03 Å². The van der Waals surface area contributed by atoms with E-state index in [1.54, 1.807) is 25.1 Å². The normalized spacial score (nSPS) is 10.2. The topological polar surface area (TPSA) is 50.4 Å². The number of urea groups is 1. The molecule has 0 heterocycles.